The molecule has 0 saturated heterocycles. The summed E-state index contributed by atoms with van der Waals surface area (Å²) in [5.74, 6) is -1.04. The lowest BCUT2D eigenvalue weighted by atomic mass is 10.1. The number of hydrogen-bond donors (Lipinski definition) is 2. The van der Waals surface area contributed by atoms with E-state index in [1.165, 1.54) is 0 Å². The van der Waals surface area contributed by atoms with Crippen molar-refractivity contribution in [1.29, 1.82) is 0 Å². The molecule has 5 heteroatoms. The zero-order valence-corrected chi connectivity index (χ0v) is 9.67. The first kappa shape index (κ1) is 10.7. The summed E-state index contributed by atoms with van der Waals surface area (Å²) in [6.07, 6.45) is 0. The van der Waals surface area contributed by atoms with Crippen LogP contribution in [0.5, 0.6) is 0 Å². The number of hydrogen-bond acceptors (Lipinski definition) is 2. The van der Waals surface area contributed by atoms with Crippen molar-refractivity contribution in [1.82, 2.24) is 0 Å². The summed E-state index contributed by atoms with van der Waals surface area (Å²) in [7, 11) is 0. The van der Waals surface area contributed by atoms with Gasteiger partial charge in [0.05, 0.1) is 0 Å². The van der Waals surface area contributed by atoms with E-state index in [1.807, 2.05) is 6.07 Å². The third kappa shape index (κ3) is 2.30. The van der Waals surface area contributed by atoms with Crippen molar-refractivity contribution in [2.75, 3.05) is 0 Å². The Morgan fingerprint density at radius 1 is 1.46 bits per heavy atom. The maximum atomic E-state index is 10.6. The summed E-state index contributed by atoms with van der Waals surface area (Å²) < 4.78 is 1.48. The summed E-state index contributed by atoms with van der Waals surface area (Å²) in [6.45, 7) is 0. The fourth-order valence-electron chi connectivity index (χ4n) is 0.894. The van der Waals surface area contributed by atoms with E-state index in [2.05, 4.69) is 31.9 Å². The molecule has 0 radical (unpaired) electrons. The first-order chi connectivity index (χ1) is 6.04. The lowest BCUT2D eigenvalue weighted by Crippen LogP contribution is -2.21. The van der Waals surface area contributed by atoms with Crippen molar-refractivity contribution in [3.63, 3.8) is 0 Å². The van der Waals surface area contributed by atoms with Crippen LogP contribution >= 0.6 is 31.9 Å². The first-order valence-corrected chi connectivity index (χ1v) is 5.05. The molecule has 70 valence electrons. The van der Waals surface area contributed by atoms with Gasteiger partial charge in [-0.1, -0.05) is 12.1 Å². The van der Waals surface area contributed by atoms with Crippen LogP contribution in [0.25, 0.3) is 0 Å². The van der Waals surface area contributed by atoms with E-state index in [-0.39, 0.29) is 0 Å². The van der Waals surface area contributed by atoms with Crippen molar-refractivity contribution >= 4 is 37.8 Å². The quantitative estimate of drug-likeness (QED) is 0.881. The monoisotopic (exact) mass is 307 g/mol. The maximum absolute atomic E-state index is 10.6. The highest BCUT2D eigenvalue weighted by Gasteiger charge is 2.17. The summed E-state index contributed by atoms with van der Waals surface area (Å²) >= 11 is 6.53. The predicted molar refractivity (Wildman–Crippen MR) is 56.4 cm³/mol. The second-order valence-electron chi connectivity index (χ2n) is 2.46. The van der Waals surface area contributed by atoms with Crippen molar-refractivity contribution in [2.45, 2.75) is 6.04 Å². The van der Waals surface area contributed by atoms with E-state index in [1.54, 1.807) is 12.1 Å². The molecule has 1 aromatic rings. The van der Waals surface area contributed by atoms with Crippen LogP contribution in [-0.2, 0) is 4.79 Å². The van der Waals surface area contributed by atoms with E-state index < -0.39 is 12.0 Å². The minimum Gasteiger partial charge on any atom is -0.480 e. The molecular formula is C8H7Br2NO2. The van der Waals surface area contributed by atoms with Gasteiger partial charge in [0.1, 0.15) is 6.04 Å². The first-order valence-electron chi connectivity index (χ1n) is 3.46. The van der Waals surface area contributed by atoms with Gasteiger partial charge < -0.3 is 10.8 Å². The fourth-order valence-corrected chi connectivity index (χ4v) is 1.79. The topological polar surface area (TPSA) is 63.3 Å². The minimum atomic E-state index is -1.04. The Bertz CT molecular complexity index is 341. The third-order valence-corrected chi connectivity index (χ3v) is 3.66. The lowest BCUT2D eigenvalue weighted by Gasteiger charge is -2.09. The molecule has 0 heterocycles. The van der Waals surface area contributed by atoms with E-state index >= 15 is 0 Å². The summed E-state index contributed by atoms with van der Waals surface area (Å²) in [5.41, 5.74) is 6.01. The molecule has 0 bridgehead atoms. The molecule has 0 unspecified atom stereocenters. The highest BCUT2D eigenvalue weighted by Crippen LogP contribution is 2.29. The van der Waals surface area contributed by atoms with Gasteiger partial charge in [-0.2, -0.15) is 0 Å². The van der Waals surface area contributed by atoms with Gasteiger partial charge >= 0.3 is 5.97 Å². The average molecular weight is 309 g/mol. The van der Waals surface area contributed by atoms with Crippen LogP contribution in [0.3, 0.4) is 0 Å². The minimum absolute atomic E-state index is 0.557. The van der Waals surface area contributed by atoms with Crippen molar-refractivity contribution < 1.29 is 9.90 Å². The lowest BCUT2D eigenvalue weighted by molar-refractivity contribution is -0.138. The van der Waals surface area contributed by atoms with Crippen LogP contribution in [0, 0.1) is 0 Å². The Hall–Kier alpha value is -0.390. The summed E-state index contributed by atoms with van der Waals surface area (Å²) in [5, 5.41) is 8.69. The molecule has 0 fully saturated rings. The highest BCUT2D eigenvalue weighted by atomic mass is 79.9. The molecule has 0 aliphatic heterocycles. The standard InChI is InChI=1S/C8H7Br2NO2/c9-5-3-1-2-4(6(5)10)7(11)8(12)13/h1-3,7H,11H2,(H,12,13)/t7-/m0/s1. The fraction of sp³-hybridized carbons (Fsp3) is 0.125. The number of benzene rings is 1. The summed E-state index contributed by atoms with van der Waals surface area (Å²) in [6, 6.07) is 4.23. The number of nitrogens with two attached hydrogens (primary N) is 1. The van der Waals surface area contributed by atoms with Crippen LogP contribution in [0.2, 0.25) is 0 Å². The highest BCUT2D eigenvalue weighted by molar-refractivity contribution is 9.13. The van der Waals surface area contributed by atoms with Crippen LogP contribution in [0.4, 0.5) is 0 Å². The van der Waals surface area contributed by atoms with Crippen molar-refractivity contribution in [2.24, 2.45) is 5.73 Å². The molecule has 3 N–H and O–H groups in total. The molecular weight excluding hydrogens is 302 g/mol. The molecule has 3 nitrogen and oxygen atoms in total. The van der Waals surface area contributed by atoms with Gasteiger partial charge in [0.25, 0.3) is 0 Å². The number of carbonyl (C=O) groups is 1. The molecule has 1 aromatic carbocycles. The van der Waals surface area contributed by atoms with Gasteiger partial charge in [0.2, 0.25) is 0 Å². The maximum Gasteiger partial charge on any atom is 0.325 e. The normalized spacial score (nSPS) is 12.5. The Morgan fingerprint density at radius 2 is 2.08 bits per heavy atom. The van der Waals surface area contributed by atoms with E-state index in [9.17, 15) is 4.79 Å². The second-order valence-corrected chi connectivity index (χ2v) is 4.11. The van der Waals surface area contributed by atoms with Crippen LogP contribution < -0.4 is 5.73 Å². The average Bonchev–Trinajstić information content (AvgIpc) is 2.08. The SMILES string of the molecule is N[C@H](C(=O)O)c1cccc(Br)c1Br. The zero-order chi connectivity index (χ0) is 10.0. The molecule has 0 spiro atoms. The smallest absolute Gasteiger partial charge is 0.325 e. The van der Waals surface area contributed by atoms with E-state index in [4.69, 9.17) is 10.8 Å². The Kier molecular flexibility index (Phi) is 3.47. The van der Waals surface area contributed by atoms with Crippen molar-refractivity contribution in [3.8, 4) is 0 Å². The number of carboxylic acids is 1. The van der Waals surface area contributed by atoms with Crippen LogP contribution in [0.15, 0.2) is 27.1 Å². The number of halogens is 2. The number of carboxylic acid groups (broad SMARTS) is 1. The Labute approximate surface area is 92.2 Å². The van der Waals surface area contributed by atoms with Gasteiger partial charge in [-0.3, -0.25) is 4.79 Å². The van der Waals surface area contributed by atoms with Gasteiger partial charge in [-0.25, -0.2) is 0 Å². The number of rotatable bonds is 2. The molecule has 0 saturated carbocycles. The Morgan fingerprint density at radius 3 is 2.62 bits per heavy atom. The van der Waals surface area contributed by atoms with Crippen molar-refractivity contribution in [3.05, 3.63) is 32.7 Å². The van der Waals surface area contributed by atoms with Crippen LogP contribution in [0.1, 0.15) is 11.6 Å². The van der Waals surface area contributed by atoms with Crippen LogP contribution in [-0.4, -0.2) is 11.1 Å². The molecule has 0 aromatic heterocycles. The summed E-state index contributed by atoms with van der Waals surface area (Å²) in [4.78, 5) is 10.6. The van der Waals surface area contributed by atoms with E-state index in [0.717, 1.165) is 4.47 Å². The molecule has 0 aliphatic carbocycles. The number of aliphatic carboxylic acids is 1. The molecule has 1 atom stereocenters. The molecule has 0 amide bonds. The largest absolute Gasteiger partial charge is 0.480 e. The molecule has 0 aliphatic rings. The third-order valence-electron chi connectivity index (χ3n) is 1.58. The zero-order valence-electron chi connectivity index (χ0n) is 6.50. The van der Waals surface area contributed by atoms with Gasteiger partial charge in [0, 0.05) is 8.95 Å². The van der Waals surface area contributed by atoms with Gasteiger partial charge in [-0.05, 0) is 43.5 Å². The molecule has 13 heavy (non-hydrogen) atoms. The van der Waals surface area contributed by atoms with Gasteiger partial charge in [-0.15, -0.1) is 0 Å². The van der Waals surface area contributed by atoms with E-state index in [0.29, 0.717) is 10.0 Å². The predicted octanol–water partition coefficient (Wildman–Crippen LogP) is 2.30. The van der Waals surface area contributed by atoms with Gasteiger partial charge in [0.15, 0.2) is 0 Å². The molecule has 1 rings (SSSR count). The Balaban J connectivity index is 3.15. The second kappa shape index (κ2) is 4.21.